The van der Waals surface area contributed by atoms with E-state index >= 15 is 0 Å². The maximum atomic E-state index is 3.49. The number of halogens is 1. The molecule has 0 nitrogen and oxygen atoms in total. The molecule has 0 saturated heterocycles. The van der Waals surface area contributed by atoms with Gasteiger partial charge in [-0.2, -0.15) is 11.8 Å². The fourth-order valence-electron chi connectivity index (χ4n) is 2.48. The first-order valence-electron chi connectivity index (χ1n) is 8.61. The molecule has 1 aromatic carbocycles. The van der Waals surface area contributed by atoms with Gasteiger partial charge in [0.15, 0.2) is 0 Å². The smallest absolute Gasteiger partial charge is 0.0184 e. The SMILES string of the molecule is BrCCCCCCCCCCCCSCc1ccccc1. The van der Waals surface area contributed by atoms with E-state index in [1.165, 1.54) is 86.6 Å². The second-order valence-electron chi connectivity index (χ2n) is 5.76. The number of thioether (sulfide) groups is 1. The third-order valence-corrected chi connectivity index (χ3v) is 5.46. The lowest BCUT2D eigenvalue weighted by Gasteiger charge is -2.03. The van der Waals surface area contributed by atoms with Crippen molar-refractivity contribution >= 4 is 27.7 Å². The van der Waals surface area contributed by atoms with Crippen LogP contribution in [-0.2, 0) is 5.75 Å². The van der Waals surface area contributed by atoms with Gasteiger partial charge in [-0.15, -0.1) is 0 Å². The normalized spacial score (nSPS) is 10.9. The molecule has 0 heterocycles. The number of unbranched alkanes of at least 4 members (excludes halogenated alkanes) is 9. The average molecular weight is 371 g/mol. The van der Waals surface area contributed by atoms with Gasteiger partial charge in [-0.1, -0.05) is 97.6 Å². The Morgan fingerprint density at radius 3 is 1.76 bits per heavy atom. The van der Waals surface area contributed by atoms with Crippen molar-refractivity contribution in [3.8, 4) is 0 Å². The van der Waals surface area contributed by atoms with E-state index in [2.05, 4.69) is 58.0 Å². The van der Waals surface area contributed by atoms with E-state index < -0.39 is 0 Å². The first-order chi connectivity index (χ1) is 10.4. The van der Waals surface area contributed by atoms with Gasteiger partial charge in [-0.3, -0.25) is 0 Å². The molecule has 0 aliphatic carbocycles. The number of alkyl halides is 1. The Labute approximate surface area is 144 Å². The van der Waals surface area contributed by atoms with E-state index in [9.17, 15) is 0 Å². The summed E-state index contributed by atoms with van der Waals surface area (Å²) in [6.45, 7) is 0. The van der Waals surface area contributed by atoms with Gasteiger partial charge < -0.3 is 0 Å². The summed E-state index contributed by atoms with van der Waals surface area (Å²) in [4.78, 5) is 0. The highest BCUT2D eigenvalue weighted by molar-refractivity contribution is 9.09. The maximum Gasteiger partial charge on any atom is 0.0184 e. The van der Waals surface area contributed by atoms with E-state index in [1.807, 2.05) is 0 Å². The Kier molecular flexibility index (Phi) is 13.6. The molecule has 0 amide bonds. The zero-order valence-corrected chi connectivity index (χ0v) is 15.8. The number of benzene rings is 1. The van der Waals surface area contributed by atoms with Gasteiger partial charge in [0, 0.05) is 11.1 Å². The van der Waals surface area contributed by atoms with E-state index in [4.69, 9.17) is 0 Å². The Morgan fingerprint density at radius 2 is 1.19 bits per heavy atom. The molecule has 0 radical (unpaired) electrons. The Bertz CT molecular complexity index is 313. The first-order valence-corrected chi connectivity index (χ1v) is 10.9. The quantitative estimate of drug-likeness (QED) is 0.246. The minimum atomic E-state index is 1.18. The van der Waals surface area contributed by atoms with Crippen molar-refractivity contribution in [3.63, 3.8) is 0 Å². The molecule has 2 heteroatoms. The molecule has 0 N–H and O–H groups in total. The van der Waals surface area contributed by atoms with Crippen LogP contribution >= 0.6 is 27.7 Å². The van der Waals surface area contributed by atoms with Crippen molar-refractivity contribution in [1.82, 2.24) is 0 Å². The van der Waals surface area contributed by atoms with Crippen molar-refractivity contribution in [1.29, 1.82) is 0 Å². The van der Waals surface area contributed by atoms with Crippen LogP contribution < -0.4 is 0 Å². The number of hydrogen-bond donors (Lipinski definition) is 0. The largest absolute Gasteiger partial charge is 0.157 e. The second kappa shape index (κ2) is 15.0. The second-order valence-corrected chi connectivity index (χ2v) is 7.66. The molecule has 0 atom stereocenters. The molecule has 0 aliphatic heterocycles. The van der Waals surface area contributed by atoms with Crippen molar-refractivity contribution in [3.05, 3.63) is 35.9 Å². The van der Waals surface area contributed by atoms with Gasteiger partial charge in [0.25, 0.3) is 0 Å². The van der Waals surface area contributed by atoms with Crippen molar-refractivity contribution in [2.75, 3.05) is 11.1 Å². The van der Waals surface area contributed by atoms with E-state index in [0.717, 1.165) is 0 Å². The predicted molar refractivity (Wildman–Crippen MR) is 103 cm³/mol. The van der Waals surface area contributed by atoms with Crippen LogP contribution in [0.5, 0.6) is 0 Å². The van der Waals surface area contributed by atoms with E-state index in [-0.39, 0.29) is 0 Å². The molecule has 1 aromatic rings. The third kappa shape index (κ3) is 12.3. The highest BCUT2D eigenvalue weighted by Gasteiger charge is 1.95. The summed E-state index contributed by atoms with van der Waals surface area (Å²) in [6.07, 6.45) is 14.2. The van der Waals surface area contributed by atoms with Crippen LogP contribution in [0.15, 0.2) is 30.3 Å². The summed E-state index contributed by atoms with van der Waals surface area (Å²) in [5.74, 6) is 2.50. The Balaban J connectivity index is 1.75. The summed E-state index contributed by atoms with van der Waals surface area (Å²) in [6, 6.07) is 10.8. The third-order valence-electron chi connectivity index (χ3n) is 3.78. The van der Waals surface area contributed by atoms with Crippen LogP contribution in [0.3, 0.4) is 0 Å². The standard InChI is InChI=1S/C19H31BrS/c20-16-12-7-5-3-1-2-4-6-8-13-17-21-18-19-14-10-9-11-15-19/h9-11,14-15H,1-8,12-13,16-18H2. The molecule has 0 saturated carbocycles. The summed E-state index contributed by atoms with van der Waals surface area (Å²) in [5, 5.41) is 1.18. The molecule has 21 heavy (non-hydrogen) atoms. The predicted octanol–water partition coefficient (Wildman–Crippen LogP) is 7.22. The Morgan fingerprint density at radius 1 is 0.667 bits per heavy atom. The van der Waals surface area contributed by atoms with Gasteiger partial charge in [0.2, 0.25) is 0 Å². The zero-order valence-electron chi connectivity index (χ0n) is 13.4. The van der Waals surface area contributed by atoms with Crippen LogP contribution in [0.1, 0.15) is 69.8 Å². The summed E-state index contributed by atoms with van der Waals surface area (Å²) in [7, 11) is 0. The van der Waals surface area contributed by atoms with Gasteiger partial charge in [-0.25, -0.2) is 0 Å². The maximum absolute atomic E-state index is 3.49. The van der Waals surface area contributed by atoms with Crippen molar-refractivity contribution in [2.24, 2.45) is 0 Å². The molecule has 0 unspecified atom stereocenters. The van der Waals surface area contributed by atoms with Crippen LogP contribution in [0.2, 0.25) is 0 Å². The number of rotatable bonds is 14. The van der Waals surface area contributed by atoms with Gasteiger partial charge >= 0.3 is 0 Å². The van der Waals surface area contributed by atoms with Crippen LogP contribution in [0.4, 0.5) is 0 Å². The first kappa shape index (κ1) is 19.1. The summed E-state index contributed by atoms with van der Waals surface area (Å²) >= 11 is 5.57. The molecule has 0 bridgehead atoms. The molecule has 0 aromatic heterocycles. The van der Waals surface area contributed by atoms with E-state index in [0.29, 0.717) is 0 Å². The van der Waals surface area contributed by atoms with Crippen LogP contribution in [0.25, 0.3) is 0 Å². The molecular formula is C19H31BrS. The fourth-order valence-corrected chi connectivity index (χ4v) is 3.85. The highest BCUT2D eigenvalue weighted by Crippen LogP contribution is 2.15. The minimum absolute atomic E-state index is 1.18. The van der Waals surface area contributed by atoms with E-state index in [1.54, 1.807) is 0 Å². The lowest BCUT2D eigenvalue weighted by molar-refractivity contribution is 0.564. The highest BCUT2D eigenvalue weighted by atomic mass is 79.9. The molecule has 0 aliphatic rings. The lowest BCUT2D eigenvalue weighted by Crippen LogP contribution is -1.85. The van der Waals surface area contributed by atoms with Crippen LogP contribution in [-0.4, -0.2) is 11.1 Å². The minimum Gasteiger partial charge on any atom is -0.157 e. The molecule has 1 rings (SSSR count). The Hall–Kier alpha value is 0.0500. The van der Waals surface area contributed by atoms with Gasteiger partial charge in [0.05, 0.1) is 0 Å². The molecule has 120 valence electrons. The van der Waals surface area contributed by atoms with Crippen molar-refractivity contribution in [2.45, 2.75) is 70.0 Å². The molecular weight excluding hydrogens is 340 g/mol. The fraction of sp³-hybridized carbons (Fsp3) is 0.684. The van der Waals surface area contributed by atoms with Crippen LogP contribution in [0, 0.1) is 0 Å². The monoisotopic (exact) mass is 370 g/mol. The lowest BCUT2D eigenvalue weighted by atomic mass is 10.1. The van der Waals surface area contributed by atoms with Gasteiger partial charge in [0.1, 0.15) is 0 Å². The average Bonchev–Trinajstić information content (AvgIpc) is 2.53. The number of hydrogen-bond acceptors (Lipinski definition) is 1. The summed E-state index contributed by atoms with van der Waals surface area (Å²) in [5.41, 5.74) is 1.46. The molecule has 0 spiro atoms. The molecule has 0 fully saturated rings. The van der Waals surface area contributed by atoms with Crippen molar-refractivity contribution < 1.29 is 0 Å². The van der Waals surface area contributed by atoms with Gasteiger partial charge in [-0.05, 0) is 24.2 Å². The topological polar surface area (TPSA) is 0 Å². The summed E-state index contributed by atoms with van der Waals surface area (Å²) < 4.78 is 0. The zero-order chi connectivity index (χ0) is 15.0.